The summed E-state index contributed by atoms with van der Waals surface area (Å²) in [6.07, 6.45) is 2.84. The average Bonchev–Trinajstić information content (AvgIpc) is 2.63. The van der Waals surface area contributed by atoms with Crippen molar-refractivity contribution in [1.29, 1.82) is 0 Å². The summed E-state index contributed by atoms with van der Waals surface area (Å²) in [5, 5.41) is 0. The third-order valence-corrected chi connectivity index (χ3v) is 4.75. The lowest BCUT2D eigenvalue weighted by Gasteiger charge is -2.21. The fourth-order valence-corrected chi connectivity index (χ4v) is 3.31. The molecule has 2 bridgehead atoms. The van der Waals surface area contributed by atoms with Gasteiger partial charge in [-0.15, -0.1) is 0 Å². The Hall–Kier alpha value is -0.880. The second kappa shape index (κ2) is 3.81. The molecule has 96 valence electrons. The molecule has 0 radical (unpaired) electrons. The van der Waals surface area contributed by atoms with Crippen LogP contribution in [0.2, 0.25) is 0 Å². The number of hydrogen-bond donors (Lipinski definition) is 0. The van der Waals surface area contributed by atoms with Crippen molar-refractivity contribution in [3.63, 3.8) is 0 Å². The van der Waals surface area contributed by atoms with Crippen LogP contribution < -0.4 is 0 Å². The summed E-state index contributed by atoms with van der Waals surface area (Å²) in [4.78, 5) is 12.0. The molecule has 2 rings (SSSR count). The van der Waals surface area contributed by atoms with Crippen molar-refractivity contribution < 1.29 is 21.6 Å². The van der Waals surface area contributed by atoms with Crippen molar-refractivity contribution >= 4 is 16.2 Å². The number of carbonyl (C=O) groups excluding carboxylic acids is 1. The molecular formula is C11H16O5S. The predicted octanol–water partition coefficient (Wildman–Crippen LogP) is 1.41. The fraction of sp³-hybridized carbons (Fsp3) is 0.727. The van der Waals surface area contributed by atoms with Crippen molar-refractivity contribution in [3.05, 3.63) is 11.8 Å². The Morgan fingerprint density at radius 3 is 2.35 bits per heavy atom. The van der Waals surface area contributed by atoms with Gasteiger partial charge in [0.1, 0.15) is 6.26 Å². The topological polar surface area (TPSA) is 69.7 Å². The molecule has 0 amide bonds. The summed E-state index contributed by atoms with van der Waals surface area (Å²) in [6, 6.07) is 0. The minimum absolute atomic E-state index is 0.00685. The summed E-state index contributed by atoms with van der Waals surface area (Å²) in [7, 11) is -3.00. The molecule has 0 spiro atoms. The van der Waals surface area contributed by atoms with Crippen molar-refractivity contribution in [2.24, 2.45) is 17.3 Å². The maximum Gasteiger partial charge on any atom is 0.448 e. The molecule has 0 aromatic heterocycles. The standard InChI is InChI=1S/C11H16O5S/c1-11(2)8-4-5-9(11)10(12)7(8)6-16-17(13,14)15-3/h6,8-9H,4-5H2,1-3H3/b7-6+. The van der Waals surface area contributed by atoms with Crippen LogP contribution in [-0.2, 0) is 23.6 Å². The Bertz CT molecular complexity index is 474. The highest BCUT2D eigenvalue weighted by molar-refractivity contribution is 7.81. The second-order valence-electron chi connectivity index (χ2n) is 5.11. The first-order chi connectivity index (χ1) is 7.79. The minimum Gasteiger partial charge on any atom is -0.369 e. The molecule has 2 unspecified atom stereocenters. The zero-order chi connectivity index (χ0) is 12.8. The Kier molecular flexibility index (Phi) is 2.82. The Morgan fingerprint density at radius 2 is 1.88 bits per heavy atom. The number of Topliss-reactive ketones (excluding diaryl/α,β-unsaturated/α-hetero) is 1. The van der Waals surface area contributed by atoms with Gasteiger partial charge in [0.05, 0.1) is 7.11 Å². The second-order valence-corrected chi connectivity index (χ2v) is 6.45. The van der Waals surface area contributed by atoms with E-state index < -0.39 is 10.4 Å². The molecule has 0 aliphatic heterocycles. The average molecular weight is 260 g/mol. The van der Waals surface area contributed by atoms with E-state index in [1.165, 1.54) is 0 Å². The largest absolute Gasteiger partial charge is 0.448 e. The molecule has 0 aromatic rings. The predicted molar refractivity (Wildman–Crippen MR) is 60.1 cm³/mol. The SMILES string of the molecule is COS(=O)(=O)O/C=C1/C(=O)C2CCC1C2(C)C. The van der Waals surface area contributed by atoms with E-state index in [2.05, 4.69) is 8.37 Å². The van der Waals surface area contributed by atoms with Crippen molar-refractivity contribution in [2.75, 3.05) is 7.11 Å². The summed E-state index contributed by atoms with van der Waals surface area (Å²) in [5.74, 6) is 0.0946. The highest BCUT2D eigenvalue weighted by atomic mass is 32.3. The number of fused-ring (bicyclic) bond motifs is 2. The van der Waals surface area contributed by atoms with E-state index in [9.17, 15) is 13.2 Å². The van der Waals surface area contributed by atoms with Crippen LogP contribution in [0.4, 0.5) is 0 Å². The Labute approximate surface area is 101 Å². The number of hydrogen-bond acceptors (Lipinski definition) is 5. The third kappa shape index (κ3) is 1.89. The van der Waals surface area contributed by atoms with Gasteiger partial charge in [-0.3, -0.25) is 4.79 Å². The van der Waals surface area contributed by atoms with Gasteiger partial charge in [0.25, 0.3) is 0 Å². The van der Waals surface area contributed by atoms with E-state index in [0.29, 0.717) is 5.57 Å². The van der Waals surface area contributed by atoms with Crippen LogP contribution in [0, 0.1) is 17.3 Å². The van der Waals surface area contributed by atoms with Gasteiger partial charge in [0, 0.05) is 11.5 Å². The molecular weight excluding hydrogens is 244 g/mol. The van der Waals surface area contributed by atoms with E-state index in [-0.39, 0.29) is 23.0 Å². The highest BCUT2D eigenvalue weighted by Gasteiger charge is 2.56. The van der Waals surface area contributed by atoms with Crippen LogP contribution >= 0.6 is 0 Å². The molecule has 2 fully saturated rings. The van der Waals surface area contributed by atoms with E-state index in [4.69, 9.17) is 0 Å². The lowest BCUT2D eigenvalue weighted by Crippen LogP contribution is -2.19. The minimum atomic E-state index is -4.01. The third-order valence-electron chi connectivity index (χ3n) is 4.01. The zero-order valence-corrected chi connectivity index (χ0v) is 10.9. The first-order valence-corrected chi connectivity index (χ1v) is 6.86. The van der Waals surface area contributed by atoms with Gasteiger partial charge in [0.15, 0.2) is 5.78 Å². The maximum atomic E-state index is 12.0. The van der Waals surface area contributed by atoms with Gasteiger partial charge in [-0.1, -0.05) is 13.8 Å². The molecule has 17 heavy (non-hydrogen) atoms. The number of rotatable bonds is 3. The normalized spacial score (nSPS) is 33.4. The summed E-state index contributed by atoms with van der Waals surface area (Å²) < 4.78 is 30.8. The number of ketones is 1. The van der Waals surface area contributed by atoms with Gasteiger partial charge in [0.2, 0.25) is 0 Å². The van der Waals surface area contributed by atoms with Gasteiger partial charge in [-0.2, -0.15) is 8.42 Å². The smallest absolute Gasteiger partial charge is 0.369 e. The molecule has 5 nitrogen and oxygen atoms in total. The van der Waals surface area contributed by atoms with Gasteiger partial charge >= 0.3 is 10.4 Å². The Morgan fingerprint density at radius 1 is 1.29 bits per heavy atom. The molecule has 2 atom stereocenters. The van der Waals surface area contributed by atoms with Crippen LogP contribution in [0.15, 0.2) is 11.8 Å². The number of allylic oxidation sites excluding steroid dienone is 1. The summed E-state index contributed by atoms with van der Waals surface area (Å²) in [5.41, 5.74) is 0.384. The van der Waals surface area contributed by atoms with Crippen LogP contribution in [0.25, 0.3) is 0 Å². The molecule has 0 N–H and O–H groups in total. The molecule has 2 saturated carbocycles. The van der Waals surface area contributed by atoms with Crippen molar-refractivity contribution in [2.45, 2.75) is 26.7 Å². The van der Waals surface area contributed by atoms with Crippen LogP contribution in [0.3, 0.4) is 0 Å². The molecule has 2 aliphatic rings. The highest BCUT2D eigenvalue weighted by Crippen LogP contribution is 2.58. The maximum absolute atomic E-state index is 12.0. The van der Waals surface area contributed by atoms with Crippen LogP contribution in [0.5, 0.6) is 0 Å². The summed E-state index contributed by atoms with van der Waals surface area (Å²) >= 11 is 0. The molecule has 6 heteroatoms. The first-order valence-electron chi connectivity index (χ1n) is 5.52. The molecule has 0 aromatic carbocycles. The van der Waals surface area contributed by atoms with Gasteiger partial charge in [-0.25, -0.2) is 4.18 Å². The zero-order valence-electron chi connectivity index (χ0n) is 10.1. The van der Waals surface area contributed by atoms with E-state index in [1.54, 1.807) is 0 Å². The van der Waals surface area contributed by atoms with E-state index >= 15 is 0 Å². The van der Waals surface area contributed by atoms with E-state index in [0.717, 1.165) is 26.2 Å². The van der Waals surface area contributed by atoms with E-state index in [1.807, 2.05) is 13.8 Å². The lowest BCUT2D eigenvalue weighted by atomic mass is 9.81. The van der Waals surface area contributed by atoms with Crippen molar-refractivity contribution in [3.8, 4) is 0 Å². The fourth-order valence-electron chi connectivity index (χ4n) is 3.01. The molecule has 0 heterocycles. The lowest BCUT2D eigenvalue weighted by molar-refractivity contribution is -0.119. The summed E-state index contributed by atoms with van der Waals surface area (Å²) in [6.45, 7) is 4.08. The molecule has 2 aliphatic carbocycles. The molecule has 0 saturated heterocycles. The quantitative estimate of drug-likeness (QED) is 0.567. The first kappa shape index (κ1) is 12.6. The van der Waals surface area contributed by atoms with Crippen LogP contribution in [0.1, 0.15) is 26.7 Å². The van der Waals surface area contributed by atoms with Gasteiger partial charge in [-0.05, 0) is 24.2 Å². The monoisotopic (exact) mass is 260 g/mol. The van der Waals surface area contributed by atoms with Crippen molar-refractivity contribution in [1.82, 2.24) is 0 Å². The Balaban J connectivity index is 2.25. The van der Waals surface area contributed by atoms with Crippen LogP contribution in [-0.4, -0.2) is 21.3 Å². The number of carbonyl (C=O) groups is 1. The van der Waals surface area contributed by atoms with Gasteiger partial charge < -0.3 is 4.18 Å².